The molecule has 0 amide bonds. The van der Waals surface area contributed by atoms with Gasteiger partial charge >= 0.3 is 0 Å². The molecule has 2 rings (SSSR count). The molecular formula is C15H23N3O. The highest BCUT2D eigenvalue weighted by atomic mass is 16.4. The molecule has 1 atom stereocenters. The zero-order valence-electron chi connectivity index (χ0n) is 11.8. The van der Waals surface area contributed by atoms with Crippen molar-refractivity contribution in [3.05, 3.63) is 29.3 Å². The summed E-state index contributed by atoms with van der Waals surface area (Å²) >= 11 is 0. The molecule has 4 heteroatoms. The van der Waals surface area contributed by atoms with Crippen LogP contribution < -0.4 is 10.6 Å². The van der Waals surface area contributed by atoms with Crippen molar-refractivity contribution in [2.75, 3.05) is 18.0 Å². The van der Waals surface area contributed by atoms with E-state index >= 15 is 0 Å². The fourth-order valence-corrected chi connectivity index (χ4v) is 2.69. The van der Waals surface area contributed by atoms with Crippen molar-refractivity contribution in [1.82, 2.24) is 0 Å². The minimum atomic E-state index is 0.191. The van der Waals surface area contributed by atoms with Gasteiger partial charge in [-0.05, 0) is 44.2 Å². The third-order valence-electron chi connectivity index (χ3n) is 3.89. The van der Waals surface area contributed by atoms with E-state index < -0.39 is 0 Å². The van der Waals surface area contributed by atoms with E-state index in [1.807, 2.05) is 13.0 Å². The summed E-state index contributed by atoms with van der Waals surface area (Å²) in [6.45, 7) is 6.40. The minimum Gasteiger partial charge on any atom is -0.409 e. The Morgan fingerprint density at radius 1 is 1.37 bits per heavy atom. The molecule has 0 spiro atoms. The van der Waals surface area contributed by atoms with Crippen LogP contribution in [0.15, 0.2) is 23.4 Å². The number of amidine groups is 1. The third kappa shape index (κ3) is 3.19. The summed E-state index contributed by atoms with van der Waals surface area (Å²) in [5.41, 5.74) is 8.84. The topological polar surface area (TPSA) is 61.8 Å². The molecule has 1 unspecified atom stereocenters. The van der Waals surface area contributed by atoms with E-state index in [2.05, 4.69) is 29.1 Å². The van der Waals surface area contributed by atoms with Gasteiger partial charge in [0.15, 0.2) is 5.84 Å². The lowest BCUT2D eigenvalue weighted by Crippen LogP contribution is -2.27. The van der Waals surface area contributed by atoms with Gasteiger partial charge in [0, 0.05) is 24.3 Å². The predicted molar refractivity (Wildman–Crippen MR) is 78.9 cm³/mol. The lowest BCUT2D eigenvalue weighted by Gasteiger charge is -2.25. The first-order chi connectivity index (χ1) is 9.11. The minimum absolute atomic E-state index is 0.191. The summed E-state index contributed by atoms with van der Waals surface area (Å²) in [6, 6.07) is 6.15. The van der Waals surface area contributed by atoms with Gasteiger partial charge in [0.2, 0.25) is 0 Å². The smallest absolute Gasteiger partial charge is 0.172 e. The fourth-order valence-electron chi connectivity index (χ4n) is 2.69. The summed E-state index contributed by atoms with van der Waals surface area (Å²) < 4.78 is 0. The molecule has 0 radical (unpaired) electrons. The number of nitrogens with zero attached hydrogens (tertiary/aromatic N) is 2. The molecule has 1 aromatic rings. The number of anilines is 1. The Kier molecular flexibility index (Phi) is 4.30. The van der Waals surface area contributed by atoms with Gasteiger partial charge in [-0.2, -0.15) is 0 Å². The van der Waals surface area contributed by atoms with Gasteiger partial charge in [-0.15, -0.1) is 0 Å². The second-order valence-electron chi connectivity index (χ2n) is 5.53. The second kappa shape index (κ2) is 5.95. The third-order valence-corrected chi connectivity index (χ3v) is 3.89. The van der Waals surface area contributed by atoms with Gasteiger partial charge in [0.05, 0.1) is 0 Å². The molecule has 1 aliphatic rings. The van der Waals surface area contributed by atoms with E-state index in [1.165, 1.54) is 19.3 Å². The van der Waals surface area contributed by atoms with Crippen molar-refractivity contribution in [3.8, 4) is 0 Å². The van der Waals surface area contributed by atoms with Gasteiger partial charge in [-0.3, -0.25) is 0 Å². The molecule has 0 saturated carbocycles. The van der Waals surface area contributed by atoms with E-state index in [1.54, 1.807) is 0 Å². The molecule has 104 valence electrons. The number of nitrogens with two attached hydrogens (primary N) is 1. The first-order valence-electron chi connectivity index (χ1n) is 6.95. The van der Waals surface area contributed by atoms with Gasteiger partial charge < -0.3 is 15.8 Å². The van der Waals surface area contributed by atoms with Crippen LogP contribution in [0, 0.1) is 12.8 Å². The summed E-state index contributed by atoms with van der Waals surface area (Å²) in [5, 5.41) is 12.1. The van der Waals surface area contributed by atoms with Gasteiger partial charge in [-0.25, -0.2) is 0 Å². The monoisotopic (exact) mass is 261 g/mol. The van der Waals surface area contributed by atoms with E-state index in [9.17, 15) is 0 Å². The van der Waals surface area contributed by atoms with Crippen molar-refractivity contribution < 1.29 is 5.21 Å². The lowest BCUT2D eigenvalue weighted by molar-refractivity contribution is 0.318. The molecule has 0 aromatic heterocycles. The van der Waals surface area contributed by atoms with E-state index in [0.717, 1.165) is 35.8 Å². The number of benzene rings is 1. The zero-order valence-corrected chi connectivity index (χ0v) is 11.8. The molecule has 4 nitrogen and oxygen atoms in total. The summed E-state index contributed by atoms with van der Waals surface area (Å²) in [4.78, 5) is 2.36. The first kappa shape index (κ1) is 13.7. The number of hydrogen-bond donors (Lipinski definition) is 2. The Labute approximate surface area is 114 Å². The molecule has 3 N–H and O–H groups in total. The lowest BCUT2D eigenvalue weighted by atomic mass is 10.0. The molecule has 0 bridgehead atoms. The first-order valence-corrected chi connectivity index (χ1v) is 6.95. The Balaban J connectivity index is 2.33. The number of rotatable bonds is 2. The Hall–Kier alpha value is -1.71. The highest BCUT2D eigenvalue weighted by Crippen LogP contribution is 2.26. The van der Waals surface area contributed by atoms with Crippen LogP contribution in [0.1, 0.15) is 37.3 Å². The number of hydrogen-bond acceptors (Lipinski definition) is 3. The molecule has 1 saturated heterocycles. The molecule has 1 aromatic carbocycles. The van der Waals surface area contributed by atoms with Gasteiger partial charge in [0.25, 0.3) is 0 Å². The Morgan fingerprint density at radius 2 is 2.16 bits per heavy atom. The number of aryl methyl sites for hydroxylation is 1. The van der Waals surface area contributed by atoms with Crippen molar-refractivity contribution >= 4 is 11.5 Å². The average Bonchev–Trinajstić information content (AvgIpc) is 2.62. The van der Waals surface area contributed by atoms with Crippen molar-refractivity contribution in [2.24, 2.45) is 16.8 Å². The molecule has 0 aliphatic carbocycles. The maximum Gasteiger partial charge on any atom is 0.172 e. The SMILES string of the molecule is Cc1ccc(N2CCCC(C)CC2)c(/C(N)=N/O)c1. The zero-order chi connectivity index (χ0) is 13.8. The maximum absolute atomic E-state index is 8.94. The van der Waals surface area contributed by atoms with Crippen LogP contribution in [-0.2, 0) is 0 Å². The van der Waals surface area contributed by atoms with Crippen LogP contribution >= 0.6 is 0 Å². The molecule has 19 heavy (non-hydrogen) atoms. The molecule has 1 heterocycles. The van der Waals surface area contributed by atoms with Crippen LogP contribution in [0.3, 0.4) is 0 Å². The summed E-state index contributed by atoms with van der Waals surface area (Å²) in [5.74, 6) is 0.971. The Bertz CT molecular complexity index is 470. The average molecular weight is 261 g/mol. The highest BCUT2D eigenvalue weighted by Gasteiger charge is 2.18. The van der Waals surface area contributed by atoms with E-state index in [4.69, 9.17) is 10.9 Å². The van der Waals surface area contributed by atoms with Crippen LogP contribution in [0.5, 0.6) is 0 Å². The van der Waals surface area contributed by atoms with E-state index in [0.29, 0.717) is 0 Å². The summed E-state index contributed by atoms with van der Waals surface area (Å²) in [6.07, 6.45) is 3.68. The maximum atomic E-state index is 8.94. The van der Waals surface area contributed by atoms with Crippen LogP contribution in [-0.4, -0.2) is 24.1 Å². The highest BCUT2D eigenvalue weighted by molar-refractivity contribution is 6.02. The van der Waals surface area contributed by atoms with Gasteiger partial charge in [-0.1, -0.05) is 23.7 Å². The largest absolute Gasteiger partial charge is 0.409 e. The molecular weight excluding hydrogens is 238 g/mol. The molecule has 1 fully saturated rings. The van der Waals surface area contributed by atoms with Crippen LogP contribution in [0.2, 0.25) is 0 Å². The normalized spacial score (nSPS) is 21.3. The standard InChI is InChI=1S/C15H23N3O/c1-11-4-3-8-18(9-7-11)14-6-5-12(2)10-13(14)15(16)17-19/h5-6,10-11,19H,3-4,7-9H2,1-2H3,(H2,16,17). The summed E-state index contributed by atoms with van der Waals surface area (Å²) in [7, 11) is 0. The van der Waals surface area contributed by atoms with Crippen LogP contribution in [0.25, 0.3) is 0 Å². The van der Waals surface area contributed by atoms with Crippen molar-refractivity contribution in [1.29, 1.82) is 0 Å². The van der Waals surface area contributed by atoms with Crippen LogP contribution in [0.4, 0.5) is 5.69 Å². The quantitative estimate of drug-likeness (QED) is 0.372. The van der Waals surface area contributed by atoms with Gasteiger partial charge in [0.1, 0.15) is 0 Å². The van der Waals surface area contributed by atoms with Crippen molar-refractivity contribution in [2.45, 2.75) is 33.1 Å². The Morgan fingerprint density at radius 3 is 2.89 bits per heavy atom. The fraction of sp³-hybridized carbons (Fsp3) is 0.533. The number of oxime groups is 1. The molecule has 1 aliphatic heterocycles. The van der Waals surface area contributed by atoms with Crippen molar-refractivity contribution in [3.63, 3.8) is 0 Å². The predicted octanol–water partition coefficient (Wildman–Crippen LogP) is 2.72. The van der Waals surface area contributed by atoms with E-state index in [-0.39, 0.29) is 5.84 Å². The second-order valence-corrected chi connectivity index (χ2v) is 5.53.